The van der Waals surface area contributed by atoms with E-state index in [-0.39, 0.29) is 60.3 Å². The van der Waals surface area contributed by atoms with Crippen molar-refractivity contribution in [1.29, 1.82) is 0 Å². The average molecular weight is 613 g/mol. The molecule has 0 saturated carbocycles. The summed E-state index contributed by atoms with van der Waals surface area (Å²) in [6.45, 7) is -3.06. The number of hydrogen-bond acceptors (Lipinski definition) is 5. The van der Waals surface area contributed by atoms with Gasteiger partial charge in [0.25, 0.3) is 0 Å². The molecule has 37 heavy (non-hydrogen) atoms. The van der Waals surface area contributed by atoms with E-state index in [0.717, 1.165) is 0 Å². The summed E-state index contributed by atoms with van der Waals surface area (Å²) in [5.41, 5.74) is 1.45. The van der Waals surface area contributed by atoms with Gasteiger partial charge in [-0.2, -0.15) is 8.78 Å². The summed E-state index contributed by atoms with van der Waals surface area (Å²) in [6, 6.07) is 9.05. The van der Waals surface area contributed by atoms with Gasteiger partial charge in [-0.05, 0) is 42.0 Å². The molecular weight excluding hydrogens is 596 g/mol. The van der Waals surface area contributed by atoms with Gasteiger partial charge in [-0.25, -0.2) is 0 Å². The molecule has 0 aliphatic carbocycles. The molecule has 3 rings (SSSR count). The van der Waals surface area contributed by atoms with Crippen molar-refractivity contribution >= 4 is 69.9 Å². The summed E-state index contributed by atoms with van der Waals surface area (Å²) >= 11 is 30.7. The molecule has 12 heteroatoms. The van der Waals surface area contributed by atoms with Crippen molar-refractivity contribution in [2.45, 2.75) is 13.2 Å². The van der Waals surface area contributed by atoms with Gasteiger partial charge >= 0.3 is 6.61 Å². The highest BCUT2D eigenvalue weighted by Gasteiger charge is 2.21. The van der Waals surface area contributed by atoms with Crippen molar-refractivity contribution in [3.8, 4) is 23.0 Å². The average Bonchev–Trinajstić information content (AvgIpc) is 2.89. The third-order valence-electron chi connectivity index (χ3n) is 4.94. The molecule has 0 N–H and O–H groups in total. The number of methoxy groups -OCH3 is 2. The second kappa shape index (κ2) is 12.9. The predicted octanol–water partition coefficient (Wildman–Crippen LogP) is 9.05. The topological polar surface area (TPSA) is 54.0 Å². The number of hydrogen-bond donors (Lipinski definition) is 0. The molecule has 0 spiro atoms. The van der Waals surface area contributed by atoms with Crippen LogP contribution in [0.15, 0.2) is 42.5 Å². The maximum Gasteiger partial charge on any atom is 0.387 e. The third-order valence-corrected chi connectivity index (χ3v) is 7.18. The zero-order valence-electron chi connectivity index (χ0n) is 19.1. The second-order valence-electron chi connectivity index (χ2n) is 7.20. The van der Waals surface area contributed by atoms with Crippen molar-refractivity contribution in [3.05, 3.63) is 84.3 Å². The van der Waals surface area contributed by atoms with Crippen LogP contribution in [0.5, 0.6) is 23.0 Å². The number of carbonyl (C=O) groups excluding carboxylic acids is 1. The fourth-order valence-electron chi connectivity index (χ4n) is 3.16. The van der Waals surface area contributed by atoms with Crippen LogP contribution in [0.2, 0.25) is 25.1 Å². The van der Waals surface area contributed by atoms with Gasteiger partial charge in [0, 0.05) is 11.1 Å². The number of benzene rings is 3. The van der Waals surface area contributed by atoms with Gasteiger partial charge in [0.15, 0.2) is 23.0 Å². The number of carbonyl (C=O) groups is 1. The summed E-state index contributed by atoms with van der Waals surface area (Å²) < 4.78 is 45.6. The molecule has 0 heterocycles. The molecule has 0 unspecified atom stereocenters. The van der Waals surface area contributed by atoms with Gasteiger partial charge in [-0.1, -0.05) is 70.1 Å². The van der Waals surface area contributed by atoms with Crippen LogP contribution >= 0.6 is 58.0 Å². The molecule has 0 amide bonds. The van der Waals surface area contributed by atoms with Crippen LogP contribution in [-0.4, -0.2) is 26.6 Å². The minimum atomic E-state index is -3.02. The molecule has 3 aromatic rings. The zero-order valence-corrected chi connectivity index (χ0v) is 22.9. The minimum Gasteiger partial charge on any atom is -0.496 e. The lowest BCUT2D eigenvalue weighted by atomic mass is 10.1. The molecule has 0 radical (unpaired) electrons. The normalized spacial score (nSPS) is 11.2. The highest BCUT2D eigenvalue weighted by atomic mass is 35.5. The van der Waals surface area contributed by atoms with E-state index in [1.165, 1.54) is 38.5 Å². The van der Waals surface area contributed by atoms with Gasteiger partial charge in [0.2, 0.25) is 0 Å². The molecule has 3 aromatic carbocycles. The van der Waals surface area contributed by atoms with Gasteiger partial charge in [0.05, 0.1) is 29.3 Å². The van der Waals surface area contributed by atoms with Gasteiger partial charge < -0.3 is 18.9 Å². The van der Waals surface area contributed by atoms with E-state index in [2.05, 4.69) is 4.74 Å². The molecule has 196 valence electrons. The lowest BCUT2D eigenvalue weighted by molar-refractivity contribution is -0.0512. The highest BCUT2D eigenvalue weighted by molar-refractivity contribution is 6.55. The van der Waals surface area contributed by atoms with E-state index >= 15 is 0 Å². The van der Waals surface area contributed by atoms with E-state index in [1.54, 1.807) is 24.3 Å². The number of halogens is 7. The van der Waals surface area contributed by atoms with E-state index < -0.39 is 6.61 Å². The van der Waals surface area contributed by atoms with Crippen LogP contribution in [0, 0.1) is 0 Å². The Kier molecular flexibility index (Phi) is 10.2. The minimum absolute atomic E-state index is 0.000302. The molecule has 0 saturated heterocycles. The zero-order chi connectivity index (χ0) is 27.3. The fourth-order valence-corrected chi connectivity index (χ4v) is 4.39. The summed E-state index contributed by atoms with van der Waals surface area (Å²) in [5, 5.41) is 0.0127. The van der Waals surface area contributed by atoms with Crippen molar-refractivity contribution in [2.75, 3.05) is 14.2 Å². The number of ether oxygens (including phenoxy) is 4. The maximum absolute atomic E-state index is 12.7. The first kappa shape index (κ1) is 29.1. The van der Waals surface area contributed by atoms with Crippen LogP contribution in [0.1, 0.15) is 21.5 Å². The Morgan fingerprint density at radius 2 is 1.43 bits per heavy atom. The third kappa shape index (κ3) is 6.92. The van der Waals surface area contributed by atoms with Crippen LogP contribution in [0.3, 0.4) is 0 Å². The SMILES string of the molecule is COc1ccc(/C=C/C(=O)c2ccc(OC(F)F)c(OC)c2)cc1COc1c(Cl)c(Cl)c(Cl)c(Cl)c1Cl. The number of ketones is 1. The first-order valence-corrected chi connectivity index (χ1v) is 12.1. The van der Waals surface area contributed by atoms with Crippen LogP contribution in [0.4, 0.5) is 8.78 Å². The summed E-state index contributed by atoms with van der Waals surface area (Å²) in [4.78, 5) is 12.7. The van der Waals surface area contributed by atoms with Crippen molar-refractivity contribution in [1.82, 2.24) is 0 Å². The second-order valence-corrected chi connectivity index (χ2v) is 9.09. The van der Waals surface area contributed by atoms with E-state index in [9.17, 15) is 13.6 Å². The number of allylic oxidation sites excluding steroid dienone is 1. The fraction of sp³-hybridized carbons (Fsp3) is 0.160. The molecule has 0 fully saturated rings. The monoisotopic (exact) mass is 610 g/mol. The Labute approximate surface area is 236 Å². The van der Waals surface area contributed by atoms with Crippen molar-refractivity contribution < 1.29 is 32.5 Å². The first-order valence-electron chi connectivity index (χ1n) is 10.2. The van der Waals surface area contributed by atoms with Crippen LogP contribution in [0.25, 0.3) is 6.08 Å². The summed E-state index contributed by atoms with van der Waals surface area (Å²) in [7, 11) is 2.77. The van der Waals surface area contributed by atoms with Gasteiger partial charge in [-0.3, -0.25) is 4.79 Å². The summed E-state index contributed by atoms with van der Waals surface area (Å²) in [6.07, 6.45) is 2.89. The molecule has 0 aromatic heterocycles. The quantitative estimate of drug-likeness (QED) is 0.0990. The highest BCUT2D eigenvalue weighted by Crippen LogP contribution is 2.48. The molecule has 5 nitrogen and oxygen atoms in total. The Hall–Kier alpha value is -2.42. The Morgan fingerprint density at radius 1 is 0.838 bits per heavy atom. The summed E-state index contributed by atoms with van der Waals surface area (Å²) in [5.74, 6) is -0.0145. The Balaban J connectivity index is 1.82. The van der Waals surface area contributed by atoms with Crippen molar-refractivity contribution in [2.24, 2.45) is 0 Å². The predicted molar refractivity (Wildman–Crippen MR) is 142 cm³/mol. The van der Waals surface area contributed by atoms with Gasteiger partial charge in [0.1, 0.15) is 22.4 Å². The maximum atomic E-state index is 12.7. The van der Waals surface area contributed by atoms with Crippen LogP contribution in [-0.2, 0) is 6.61 Å². The number of rotatable bonds is 10. The molecule has 0 bridgehead atoms. The number of alkyl halides is 2. The van der Waals surface area contributed by atoms with E-state index in [1.807, 2.05) is 0 Å². The van der Waals surface area contributed by atoms with Gasteiger partial charge in [-0.15, -0.1) is 0 Å². The Morgan fingerprint density at radius 3 is 2.03 bits per heavy atom. The molecular formula is C25H17Cl5F2O5. The molecule has 0 aliphatic heterocycles. The smallest absolute Gasteiger partial charge is 0.387 e. The lowest BCUT2D eigenvalue weighted by Gasteiger charge is -2.15. The molecule has 0 aliphatic rings. The Bertz CT molecular complexity index is 1320. The first-order chi connectivity index (χ1) is 17.6. The van der Waals surface area contributed by atoms with Crippen LogP contribution < -0.4 is 18.9 Å². The largest absolute Gasteiger partial charge is 0.496 e. The van der Waals surface area contributed by atoms with E-state index in [4.69, 9.17) is 72.2 Å². The van der Waals surface area contributed by atoms with E-state index in [0.29, 0.717) is 16.9 Å². The standard InChI is InChI=1S/C25H17Cl5F2O5/c1-34-16-7-4-12(3-6-15(33)13-5-8-17(37-25(31)32)18(10-13)35-2)9-14(16)11-36-24-22(29)20(27)19(26)21(28)23(24)30/h3-10,25H,11H2,1-2H3/b6-3+. The van der Waals surface area contributed by atoms with Crippen molar-refractivity contribution in [3.63, 3.8) is 0 Å². The molecule has 0 atom stereocenters. The lowest BCUT2D eigenvalue weighted by Crippen LogP contribution is -2.04.